The predicted molar refractivity (Wildman–Crippen MR) is 126 cm³/mol. The van der Waals surface area contributed by atoms with E-state index >= 15 is 0 Å². The molecule has 4 rings (SSSR count). The van der Waals surface area contributed by atoms with E-state index in [2.05, 4.69) is 10.6 Å². The molecule has 0 aromatic heterocycles. The van der Waals surface area contributed by atoms with Crippen LogP contribution in [0.2, 0.25) is 0 Å². The fraction of sp³-hybridized carbons (Fsp3) is 0.320. The summed E-state index contributed by atoms with van der Waals surface area (Å²) in [6.45, 7) is 2.69. The zero-order valence-electron chi connectivity index (χ0n) is 17.2. The maximum absolute atomic E-state index is 12.9. The number of ether oxygens (including phenoxy) is 1. The molecule has 2 aromatic carbocycles. The van der Waals surface area contributed by atoms with Crippen molar-refractivity contribution in [1.29, 1.82) is 0 Å². The van der Waals surface area contributed by atoms with Gasteiger partial charge in [0.25, 0.3) is 5.91 Å². The first-order chi connectivity index (χ1) is 15.1. The van der Waals surface area contributed by atoms with Crippen molar-refractivity contribution in [2.24, 2.45) is 5.92 Å². The van der Waals surface area contributed by atoms with E-state index < -0.39 is 0 Å². The van der Waals surface area contributed by atoms with Gasteiger partial charge in [-0.25, -0.2) is 0 Å². The van der Waals surface area contributed by atoms with Gasteiger partial charge in [-0.05, 0) is 47.8 Å². The standard InChI is InChI=1S/C25H26Cl2N2O2/c26-22-10-9-19(14-23(22)27)24-21(15-28-11-12-31-24)16-29-25(30)20-8-4-7-18(13-20)17-5-2-1-3-6-17/h1-8,13-14,21,24,28H,9-12,15-16H2,(H,29,30). The summed E-state index contributed by atoms with van der Waals surface area (Å²) in [7, 11) is 0. The Hall–Kier alpha value is -2.11. The van der Waals surface area contributed by atoms with Crippen LogP contribution in [0.4, 0.5) is 0 Å². The minimum atomic E-state index is -0.0931. The van der Waals surface area contributed by atoms with E-state index in [-0.39, 0.29) is 17.9 Å². The van der Waals surface area contributed by atoms with Gasteiger partial charge in [0.15, 0.2) is 0 Å². The summed E-state index contributed by atoms with van der Waals surface area (Å²) in [6, 6.07) is 17.8. The molecule has 1 heterocycles. The van der Waals surface area contributed by atoms with Crippen molar-refractivity contribution < 1.29 is 9.53 Å². The number of halogens is 2. The van der Waals surface area contributed by atoms with Crippen LogP contribution in [-0.2, 0) is 4.74 Å². The van der Waals surface area contributed by atoms with Gasteiger partial charge in [0.2, 0.25) is 0 Å². The lowest BCUT2D eigenvalue weighted by atomic mass is 9.90. The first-order valence-electron chi connectivity index (χ1n) is 10.6. The normalized spacial score (nSPS) is 21.9. The molecule has 0 saturated carbocycles. The van der Waals surface area contributed by atoms with Crippen LogP contribution in [0, 0.1) is 5.92 Å². The summed E-state index contributed by atoms with van der Waals surface area (Å²) < 4.78 is 6.15. The summed E-state index contributed by atoms with van der Waals surface area (Å²) in [5, 5.41) is 7.79. The number of rotatable bonds is 5. The van der Waals surface area contributed by atoms with E-state index in [1.165, 1.54) is 0 Å². The molecule has 0 spiro atoms. The van der Waals surface area contributed by atoms with Gasteiger partial charge in [-0.1, -0.05) is 65.7 Å². The van der Waals surface area contributed by atoms with Crippen molar-refractivity contribution in [3.8, 4) is 11.1 Å². The highest BCUT2D eigenvalue weighted by Crippen LogP contribution is 2.33. The summed E-state index contributed by atoms with van der Waals surface area (Å²) >= 11 is 12.4. The molecule has 2 aliphatic rings. The first-order valence-corrected chi connectivity index (χ1v) is 11.4. The highest BCUT2D eigenvalue weighted by Gasteiger charge is 2.29. The SMILES string of the molecule is O=C(NCC1CNCCOC1C1=CC(Cl)=C(Cl)CC1)c1cccc(-c2ccccc2)c1. The maximum atomic E-state index is 12.9. The summed E-state index contributed by atoms with van der Waals surface area (Å²) in [4.78, 5) is 12.9. The molecule has 162 valence electrons. The molecule has 1 amide bonds. The molecular weight excluding hydrogens is 431 g/mol. The molecule has 2 atom stereocenters. The van der Waals surface area contributed by atoms with E-state index in [1.807, 2.05) is 60.7 Å². The number of nitrogens with one attached hydrogen (secondary N) is 2. The lowest BCUT2D eigenvalue weighted by molar-refractivity contribution is 0.0543. The van der Waals surface area contributed by atoms with Gasteiger partial charge in [-0.2, -0.15) is 0 Å². The van der Waals surface area contributed by atoms with Crippen LogP contribution in [0.25, 0.3) is 11.1 Å². The highest BCUT2D eigenvalue weighted by molar-refractivity contribution is 6.40. The quantitative estimate of drug-likeness (QED) is 0.657. The fourth-order valence-corrected chi connectivity index (χ4v) is 4.47. The van der Waals surface area contributed by atoms with Crippen molar-refractivity contribution in [3.05, 3.63) is 81.9 Å². The van der Waals surface area contributed by atoms with Crippen molar-refractivity contribution in [2.75, 3.05) is 26.2 Å². The number of hydrogen-bond acceptors (Lipinski definition) is 3. The van der Waals surface area contributed by atoms with E-state index in [0.717, 1.165) is 42.6 Å². The van der Waals surface area contributed by atoms with E-state index in [1.54, 1.807) is 0 Å². The largest absolute Gasteiger partial charge is 0.372 e. The van der Waals surface area contributed by atoms with Crippen LogP contribution in [-0.4, -0.2) is 38.3 Å². The molecule has 0 radical (unpaired) electrons. The third-order valence-corrected chi connectivity index (χ3v) is 6.56. The third kappa shape index (κ3) is 5.58. The summed E-state index contributed by atoms with van der Waals surface area (Å²) in [5.41, 5.74) is 3.90. The van der Waals surface area contributed by atoms with Crippen molar-refractivity contribution in [1.82, 2.24) is 10.6 Å². The van der Waals surface area contributed by atoms with E-state index in [4.69, 9.17) is 27.9 Å². The van der Waals surface area contributed by atoms with Gasteiger partial charge in [0, 0.05) is 36.1 Å². The van der Waals surface area contributed by atoms with Gasteiger partial charge < -0.3 is 15.4 Å². The zero-order valence-corrected chi connectivity index (χ0v) is 18.8. The Balaban J connectivity index is 1.45. The number of amides is 1. The molecule has 2 aromatic rings. The number of allylic oxidation sites excluding steroid dienone is 3. The van der Waals surface area contributed by atoms with Crippen LogP contribution in [0.3, 0.4) is 0 Å². The van der Waals surface area contributed by atoms with Crippen LogP contribution in [0.1, 0.15) is 23.2 Å². The molecule has 2 unspecified atom stereocenters. The Morgan fingerprint density at radius 3 is 2.68 bits per heavy atom. The molecule has 2 N–H and O–H groups in total. The van der Waals surface area contributed by atoms with Crippen LogP contribution >= 0.6 is 23.2 Å². The number of hydrogen-bond donors (Lipinski definition) is 2. The van der Waals surface area contributed by atoms with Crippen molar-refractivity contribution in [2.45, 2.75) is 18.9 Å². The Kier molecular flexibility index (Phi) is 7.46. The molecule has 1 aliphatic carbocycles. The van der Waals surface area contributed by atoms with Gasteiger partial charge in [0.05, 0.1) is 17.7 Å². The number of benzene rings is 2. The number of carbonyl (C=O) groups is 1. The van der Waals surface area contributed by atoms with Crippen molar-refractivity contribution in [3.63, 3.8) is 0 Å². The Morgan fingerprint density at radius 2 is 1.87 bits per heavy atom. The lowest BCUT2D eigenvalue weighted by Crippen LogP contribution is -2.40. The Labute approximate surface area is 193 Å². The second-order valence-corrected chi connectivity index (χ2v) is 8.75. The summed E-state index contributed by atoms with van der Waals surface area (Å²) in [6.07, 6.45) is 3.39. The third-order valence-electron chi connectivity index (χ3n) is 5.74. The lowest BCUT2D eigenvalue weighted by Gasteiger charge is -2.29. The summed E-state index contributed by atoms with van der Waals surface area (Å²) in [5.74, 6) is 0.0238. The second-order valence-electron chi connectivity index (χ2n) is 7.88. The molecule has 4 nitrogen and oxygen atoms in total. The molecular formula is C25H26Cl2N2O2. The first kappa shape index (κ1) is 22.1. The maximum Gasteiger partial charge on any atom is 0.251 e. The number of carbonyl (C=O) groups excluding carboxylic acids is 1. The molecule has 1 fully saturated rings. The smallest absolute Gasteiger partial charge is 0.251 e. The highest BCUT2D eigenvalue weighted by atomic mass is 35.5. The predicted octanol–water partition coefficient (Wildman–Crippen LogP) is 5.10. The fourth-order valence-electron chi connectivity index (χ4n) is 4.09. The minimum Gasteiger partial charge on any atom is -0.372 e. The van der Waals surface area contributed by atoms with Crippen LogP contribution in [0.5, 0.6) is 0 Å². The monoisotopic (exact) mass is 456 g/mol. The van der Waals surface area contributed by atoms with Gasteiger partial charge in [-0.15, -0.1) is 0 Å². The van der Waals surface area contributed by atoms with Crippen molar-refractivity contribution >= 4 is 29.1 Å². The van der Waals surface area contributed by atoms with Gasteiger partial charge in [0.1, 0.15) is 0 Å². The van der Waals surface area contributed by atoms with Gasteiger partial charge in [-0.3, -0.25) is 4.79 Å². The molecule has 6 heteroatoms. The van der Waals surface area contributed by atoms with Crippen LogP contribution < -0.4 is 10.6 Å². The van der Waals surface area contributed by atoms with Crippen LogP contribution in [0.15, 0.2) is 76.3 Å². The minimum absolute atomic E-state index is 0.0839. The molecule has 1 saturated heterocycles. The van der Waals surface area contributed by atoms with E-state index in [9.17, 15) is 4.79 Å². The molecule has 0 bridgehead atoms. The zero-order chi connectivity index (χ0) is 21.6. The van der Waals surface area contributed by atoms with E-state index in [0.29, 0.717) is 28.8 Å². The topological polar surface area (TPSA) is 50.4 Å². The second kappa shape index (κ2) is 10.5. The Morgan fingerprint density at radius 1 is 1.06 bits per heavy atom. The average molecular weight is 457 g/mol. The molecule has 1 aliphatic heterocycles. The average Bonchev–Trinajstić information content (AvgIpc) is 3.05. The van der Waals surface area contributed by atoms with Gasteiger partial charge >= 0.3 is 0 Å². The Bertz CT molecular complexity index is 988. The molecule has 31 heavy (non-hydrogen) atoms.